The number of nitrogens with two attached hydrogens (primary N) is 1. The predicted molar refractivity (Wildman–Crippen MR) is 59.2 cm³/mol. The highest BCUT2D eigenvalue weighted by atomic mass is 35.5. The lowest BCUT2D eigenvalue weighted by atomic mass is 10.1. The molecule has 0 aliphatic heterocycles. The molecule has 3 N–H and O–H groups in total. The Morgan fingerprint density at radius 3 is 2.88 bits per heavy atom. The summed E-state index contributed by atoms with van der Waals surface area (Å²) in [5, 5.41) is 12.4. The van der Waals surface area contributed by atoms with E-state index >= 15 is 0 Å². The molecule has 0 radical (unpaired) electrons. The van der Waals surface area contributed by atoms with E-state index in [9.17, 15) is 4.39 Å². The number of amidine groups is 1. The fourth-order valence-corrected chi connectivity index (χ4v) is 1.66. The summed E-state index contributed by atoms with van der Waals surface area (Å²) in [7, 11) is 0. The second-order valence-corrected chi connectivity index (χ2v) is 3.56. The summed E-state index contributed by atoms with van der Waals surface area (Å²) < 4.78 is 13.5. The Bertz CT molecular complexity index is 586. The summed E-state index contributed by atoms with van der Waals surface area (Å²) in [6, 6.07) is 4.20. The first kappa shape index (κ1) is 10.6. The van der Waals surface area contributed by atoms with Crippen molar-refractivity contribution in [1.82, 2.24) is 4.98 Å². The Labute approximate surface area is 95.1 Å². The van der Waals surface area contributed by atoms with Crippen LogP contribution in [0.1, 0.15) is 5.69 Å². The number of halogens is 2. The molecule has 6 heteroatoms. The van der Waals surface area contributed by atoms with Gasteiger partial charge in [-0.3, -0.25) is 4.98 Å². The first-order chi connectivity index (χ1) is 7.63. The summed E-state index contributed by atoms with van der Waals surface area (Å²) in [6.07, 6.45) is 1.38. The van der Waals surface area contributed by atoms with E-state index in [0.717, 1.165) is 0 Å². The van der Waals surface area contributed by atoms with Crippen molar-refractivity contribution in [2.24, 2.45) is 10.9 Å². The van der Waals surface area contributed by atoms with E-state index in [2.05, 4.69) is 10.1 Å². The number of hydrogen-bond donors (Lipinski definition) is 2. The topological polar surface area (TPSA) is 71.5 Å². The molecule has 1 heterocycles. The number of nitrogens with zero attached hydrogens (tertiary/aromatic N) is 2. The van der Waals surface area contributed by atoms with E-state index in [1.165, 1.54) is 24.4 Å². The largest absolute Gasteiger partial charge is 0.409 e. The average molecular weight is 240 g/mol. The number of rotatable bonds is 1. The first-order valence-corrected chi connectivity index (χ1v) is 4.73. The summed E-state index contributed by atoms with van der Waals surface area (Å²) in [6.45, 7) is 0. The third-order valence-electron chi connectivity index (χ3n) is 2.14. The van der Waals surface area contributed by atoms with Gasteiger partial charge in [0.25, 0.3) is 0 Å². The third kappa shape index (κ3) is 1.65. The monoisotopic (exact) mass is 239 g/mol. The molecule has 16 heavy (non-hydrogen) atoms. The molecule has 0 spiro atoms. The van der Waals surface area contributed by atoms with Crippen molar-refractivity contribution in [1.29, 1.82) is 0 Å². The van der Waals surface area contributed by atoms with Crippen LogP contribution in [0.5, 0.6) is 0 Å². The molecular formula is C10H7ClFN3O. The van der Waals surface area contributed by atoms with Gasteiger partial charge in [0.05, 0.1) is 0 Å². The molecule has 0 amide bonds. The Morgan fingerprint density at radius 1 is 1.44 bits per heavy atom. The number of pyridine rings is 1. The summed E-state index contributed by atoms with van der Waals surface area (Å²) in [4.78, 5) is 3.92. The molecule has 2 aromatic rings. The second kappa shape index (κ2) is 3.94. The van der Waals surface area contributed by atoms with Crippen LogP contribution in [0, 0.1) is 5.82 Å². The van der Waals surface area contributed by atoms with Gasteiger partial charge in [0, 0.05) is 22.0 Å². The highest BCUT2D eigenvalue weighted by molar-refractivity contribution is 6.31. The first-order valence-electron chi connectivity index (χ1n) is 4.35. The van der Waals surface area contributed by atoms with E-state index < -0.39 is 5.82 Å². The number of hydrogen-bond acceptors (Lipinski definition) is 3. The fourth-order valence-electron chi connectivity index (χ4n) is 1.46. The maximum absolute atomic E-state index is 13.5. The zero-order chi connectivity index (χ0) is 11.7. The van der Waals surface area contributed by atoms with Gasteiger partial charge in [-0.15, -0.1) is 0 Å². The van der Waals surface area contributed by atoms with Crippen molar-refractivity contribution < 1.29 is 9.60 Å². The van der Waals surface area contributed by atoms with E-state index in [-0.39, 0.29) is 16.6 Å². The van der Waals surface area contributed by atoms with Gasteiger partial charge >= 0.3 is 0 Å². The van der Waals surface area contributed by atoms with Gasteiger partial charge in [-0.2, -0.15) is 0 Å². The zero-order valence-corrected chi connectivity index (χ0v) is 8.74. The lowest BCUT2D eigenvalue weighted by molar-refractivity contribution is 0.318. The summed E-state index contributed by atoms with van der Waals surface area (Å²) in [5.74, 6) is -0.663. The molecule has 1 aromatic carbocycles. The minimum atomic E-state index is -0.475. The molecule has 0 aliphatic carbocycles. The van der Waals surface area contributed by atoms with Gasteiger partial charge in [0.1, 0.15) is 11.5 Å². The maximum Gasteiger partial charge on any atom is 0.189 e. The van der Waals surface area contributed by atoms with E-state index in [4.69, 9.17) is 22.5 Å². The van der Waals surface area contributed by atoms with Crippen LogP contribution in [0.15, 0.2) is 29.6 Å². The lowest BCUT2D eigenvalue weighted by Gasteiger charge is -2.05. The Kier molecular flexibility index (Phi) is 2.62. The van der Waals surface area contributed by atoms with Gasteiger partial charge in [0.15, 0.2) is 5.84 Å². The molecule has 82 valence electrons. The molecule has 0 fully saturated rings. The van der Waals surface area contributed by atoms with Crippen molar-refractivity contribution in [3.05, 3.63) is 40.9 Å². The molecule has 0 saturated carbocycles. The van der Waals surface area contributed by atoms with Gasteiger partial charge in [-0.25, -0.2) is 4.39 Å². The number of benzene rings is 1. The second-order valence-electron chi connectivity index (χ2n) is 3.13. The quantitative estimate of drug-likeness (QED) is 0.347. The third-order valence-corrected chi connectivity index (χ3v) is 2.36. The highest BCUT2D eigenvalue weighted by Crippen LogP contribution is 2.24. The molecule has 0 atom stereocenters. The van der Waals surface area contributed by atoms with Gasteiger partial charge < -0.3 is 10.9 Å². The number of aromatic nitrogens is 1. The van der Waals surface area contributed by atoms with E-state index in [0.29, 0.717) is 10.8 Å². The van der Waals surface area contributed by atoms with Gasteiger partial charge in [0.2, 0.25) is 0 Å². The highest BCUT2D eigenvalue weighted by Gasteiger charge is 2.10. The van der Waals surface area contributed by atoms with Crippen molar-refractivity contribution in [3.63, 3.8) is 0 Å². The van der Waals surface area contributed by atoms with Crippen LogP contribution < -0.4 is 5.73 Å². The van der Waals surface area contributed by atoms with E-state index in [1.54, 1.807) is 0 Å². The lowest BCUT2D eigenvalue weighted by Crippen LogP contribution is -2.15. The summed E-state index contributed by atoms with van der Waals surface area (Å²) >= 11 is 5.73. The van der Waals surface area contributed by atoms with Crippen molar-refractivity contribution in [2.75, 3.05) is 0 Å². The van der Waals surface area contributed by atoms with Crippen molar-refractivity contribution >= 4 is 28.2 Å². The van der Waals surface area contributed by atoms with Gasteiger partial charge in [-0.1, -0.05) is 16.8 Å². The Morgan fingerprint density at radius 2 is 2.19 bits per heavy atom. The minimum absolute atomic E-state index is 0.188. The number of oxime groups is 1. The minimum Gasteiger partial charge on any atom is -0.409 e. The van der Waals surface area contributed by atoms with Crippen LogP contribution in [0.4, 0.5) is 4.39 Å². The molecule has 1 aromatic heterocycles. The Balaban J connectivity index is 2.87. The average Bonchev–Trinajstić information content (AvgIpc) is 2.27. The molecular weight excluding hydrogens is 233 g/mol. The Hall–Kier alpha value is -1.88. The van der Waals surface area contributed by atoms with Crippen LogP contribution in [0.2, 0.25) is 5.02 Å². The normalized spacial score (nSPS) is 12.0. The molecule has 0 bridgehead atoms. The fraction of sp³-hybridized carbons (Fsp3) is 0. The number of fused-ring (bicyclic) bond motifs is 1. The summed E-state index contributed by atoms with van der Waals surface area (Å²) in [5.41, 5.74) is 5.63. The molecule has 0 aliphatic rings. The van der Waals surface area contributed by atoms with Crippen LogP contribution in [-0.4, -0.2) is 16.0 Å². The molecule has 2 rings (SSSR count). The standard InChI is InChI=1S/C10H7ClFN3O/c11-5-3-7-6(8(12)4-5)1-2-14-9(7)10(13)15-16/h1-4,16H,(H2,13,15). The van der Waals surface area contributed by atoms with Crippen LogP contribution in [0.25, 0.3) is 10.8 Å². The van der Waals surface area contributed by atoms with Crippen molar-refractivity contribution in [2.45, 2.75) is 0 Å². The zero-order valence-electron chi connectivity index (χ0n) is 7.98. The van der Waals surface area contributed by atoms with Gasteiger partial charge in [-0.05, 0) is 18.2 Å². The molecule has 0 unspecified atom stereocenters. The van der Waals surface area contributed by atoms with E-state index in [1.807, 2.05) is 0 Å². The predicted octanol–water partition coefficient (Wildman–Crippen LogP) is 2.12. The maximum atomic E-state index is 13.5. The van der Waals surface area contributed by atoms with Crippen LogP contribution >= 0.6 is 11.6 Å². The van der Waals surface area contributed by atoms with Crippen molar-refractivity contribution in [3.8, 4) is 0 Å². The van der Waals surface area contributed by atoms with Crippen LogP contribution in [-0.2, 0) is 0 Å². The SMILES string of the molecule is N/C(=N/O)c1nccc2c(F)cc(Cl)cc12. The molecule has 4 nitrogen and oxygen atoms in total. The smallest absolute Gasteiger partial charge is 0.189 e. The van der Waals surface area contributed by atoms with Crippen LogP contribution in [0.3, 0.4) is 0 Å². The molecule has 0 saturated heterocycles.